The second-order valence-corrected chi connectivity index (χ2v) is 17.6. The summed E-state index contributed by atoms with van der Waals surface area (Å²) >= 11 is 1.61. The van der Waals surface area contributed by atoms with Crippen LogP contribution in [0.3, 0.4) is 0 Å². The Labute approximate surface area is 348 Å². The number of rotatable bonds is 8. The molecule has 11 rings (SSSR count). The van der Waals surface area contributed by atoms with Crippen LogP contribution in [0.1, 0.15) is 95.5 Å². The third kappa shape index (κ3) is 6.11. The molecule has 5 aromatic rings. The van der Waals surface area contributed by atoms with Gasteiger partial charge in [-0.2, -0.15) is 10.4 Å². The summed E-state index contributed by atoms with van der Waals surface area (Å²) in [6.45, 7) is 1.09. The molecule has 6 aliphatic rings. The highest BCUT2D eigenvalue weighted by Crippen LogP contribution is 2.55. The molecule has 16 nitrogen and oxygen atoms in total. The van der Waals surface area contributed by atoms with Gasteiger partial charge in [-0.1, -0.05) is 17.4 Å². The summed E-state index contributed by atoms with van der Waals surface area (Å²) in [5.74, 6) is -2.20. The van der Waals surface area contributed by atoms with Gasteiger partial charge in [0.15, 0.2) is 5.01 Å². The number of anilines is 2. The molecule has 5 amide bonds. The number of amides is 5. The number of hydrogen-bond donors (Lipinski definition) is 3. The van der Waals surface area contributed by atoms with Crippen molar-refractivity contribution in [1.82, 2.24) is 40.3 Å². The van der Waals surface area contributed by atoms with Gasteiger partial charge in [0.05, 0.1) is 51.0 Å². The van der Waals surface area contributed by atoms with Crippen LogP contribution in [0.4, 0.5) is 11.4 Å². The number of nitrogens with zero attached hydrogens (tertiary/aromatic N) is 8. The molecule has 3 saturated carbocycles. The van der Waals surface area contributed by atoms with E-state index in [0.717, 1.165) is 81.6 Å². The lowest BCUT2D eigenvalue weighted by Gasteiger charge is -2.53. The minimum absolute atomic E-state index is 0.0613. The quantitative estimate of drug-likeness (QED) is 0.184. The van der Waals surface area contributed by atoms with Crippen LogP contribution >= 0.6 is 11.3 Å². The Morgan fingerprint density at radius 2 is 1.72 bits per heavy atom. The van der Waals surface area contributed by atoms with Crippen molar-refractivity contribution in [2.24, 2.45) is 5.92 Å². The zero-order chi connectivity index (χ0) is 41.3. The summed E-state index contributed by atoms with van der Waals surface area (Å²) in [5, 5.41) is 34.0. The van der Waals surface area contributed by atoms with Crippen LogP contribution in [0, 0.1) is 17.2 Å². The maximum absolute atomic E-state index is 13.9. The van der Waals surface area contributed by atoms with Gasteiger partial charge in [-0.25, -0.2) is 4.52 Å². The molecule has 4 aromatic heterocycles. The lowest BCUT2D eigenvalue weighted by atomic mass is 9.57. The number of nitrogens with one attached hydrogen (secondary N) is 3. The average Bonchev–Trinajstić information content (AvgIpc) is 4.01. The topological polar surface area (TPSA) is 208 Å². The highest BCUT2D eigenvalue weighted by molar-refractivity contribution is 7.14. The summed E-state index contributed by atoms with van der Waals surface area (Å²) in [4.78, 5) is 73.1. The van der Waals surface area contributed by atoms with Crippen LogP contribution in [0.5, 0.6) is 0 Å². The SMILES string of the molecule is CNc1cc(-c2ccc3cc(C#N)cnn23)ncc1-c1nnc(C23CCC(NC(=O)C4CCN(c5cccc6c5C(=O)N(C5CCC(=O)NC5=O)C6=O)CC4)(CC2)CC3)s1. The Morgan fingerprint density at radius 1 is 0.933 bits per heavy atom. The van der Waals surface area contributed by atoms with Crippen molar-refractivity contribution < 1.29 is 24.0 Å². The summed E-state index contributed by atoms with van der Waals surface area (Å²) in [7, 11) is 1.87. The molecule has 17 heteroatoms. The second kappa shape index (κ2) is 14.3. The van der Waals surface area contributed by atoms with Crippen molar-refractivity contribution >= 4 is 57.8 Å². The number of imide groups is 2. The second-order valence-electron chi connectivity index (χ2n) is 16.6. The van der Waals surface area contributed by atoms with E-state index in [4.69, 9.17) is 10.1 Å². The fourth-order valence-corrected chi connectivity index (χ4v) is 11.1. The Bertz CT molecular complexity index is 2670. The van der Waals surface area contributed by atoms with E-state index in [9.17, 15) is 29.2 Å². The summed E-state index contributed by atoms with van der Waals surface area (Å²) in [5.41, 5.74) is 5.43. The Hall–Kier alpha value is -6.54. The smallest absolute Gasteiger partial charge is 0.264 e. The van der Waals surface area contributed by atoms with Crippen molar-refractivity contribution in [2.75, 3.05) is 30.4 Å². The predicted octanol–water partition coefficient (Wildman–Crippen LogP) is 4.61. The summed E-state index contributed by atoms with van der Waals surface area (Å²) in [6.07, 6.45) is 10.1. The largest absolute Gasteiger partial charge is 0.387 e. The van der Waals surface area contributed by atoms with Gasteiger partial charge in [0.2, 0.25) is 17.7 Å². The highest BCUT2D eigenvalue weighted by atomic mass is 32.1. The standard InChI is InChI=1S/C43H41N11O5S/c1-45-29-20-30(31-6-5-26-19-24(21-44)22-47-54(26)31)46-23-28(29)38-50-51-41(60-38)42-11-14-43(15-12-42,16-13-42)49-36(56)25-9-17-52(18-10-25)32-4-2-3-27-35(32)40(59)53(39(27)58)33-7-8-34(55)48-37(33)57/h2-6,19-20,22-23,25,33H,7-18H2,1H3,(H,45,46)(H,49,56)(H,48,55,57). The molecule has 5 fully saturated rings. The van der Waals surface area contributed by atoms with Gasteiger partial charge in [-0.05, 0) is 94.2 Å². The maximum atomic E-state index is 13.9. The molecule has 2 bridgehead atoms. The average molecular weight is 824 g/mol. The van der Waals surface area contributed by atoms with Crippen LogP contribution in [0.25, 0.3) is 27.5 Å². The Morgan fingerprint density at radius 3 is 2.45 bits per heavy atom. The van der Waals surface area contributed by atoms with E-state index in [0.29, 0.717) is 37.2 Å². The number of piperidine rings is 2. The van der Waals surface area contributed by atoms with E-state index in [1.54, 1.807) is 40.2 Å². The number of pyridine rings is 1. The van der Waals surface area contributed by atoms with E-state index >= 15 is 0 Å². The van der Waals surface area contributed by atoms with Gasteiger partial charge in [-0.15, -0.1) is 10.2 Å². The maximum Gasteiger partial charge on any atom is 0.264 e. The first-order chi connectivity index (χ1) is 29.1. The third-order valence-corrected chi connectivity index (χ3v) is 14.7. The molecule has 2 saturated heterocycles. The fraction of sp³-hybridized carbons (Fsp3) is 0.395. The van der Waals surface area contributed by atoms with Crippen LogP contribution < -0.4 is 20.9 Å². The lowest BCUT2D eigenvalue weighted by molar-refractivity contribution is -0.136. The number of carbonyl (C=O) groups is 5. The molecule has 1 aromatic carbocycles. The van der Waals surface area contributed by atoms with Gasteiger partial charge < -0.3 is 15.5 Å². The van der Waals surface area contributed by atoms with Gasteiger partial charge in [0.1, 0.15) is 17.1 Å². The number of nitriles is 1. The van der Waals surface area contributed by atoms with Gasteiger partial charge in [0.25, 0.3) is 11.8 Å². The molecule has 7 heterocycles. The van der Waals surface area contributed by atoms with Crippen molar-refractivity contribution in [3.05, 3.63) is 76.6 Å². The zero-order valence-corrected chi connectivity index (χ0v) is 33.7. The predicted molar refractivity (Wildman–Crippen MR) is 220 cm³/mol. The third-order valence-electron chi connectivity index (χ3n) is 13.5. The van der Waals surface area contributed by atoms with E-state index in [1.807, 2.05) is 37.5 Å². The number of fused-ring (bicyclic) bond motifs is 5. The van der Waals surface area contributed by atoms with Gasteiger partial charge >= 0.3 is 0 Å². The van der Waals surface area contributed by atoms with Crippen molar-refractivity contribution in [3.63, 3.8) is 0 Å². The molecule has 3 aliphatic heterocycles. The van der Waals surface area contributed by atoms with Crippen molar-refractivity contribution in [2.45, 2.75) is 81.2 Å². The molecule has 3 aliphatic carbocycles. The van der Waals surface area contributed by atoms with Crippen LogP contribution in [-0.4, -0.2) is 90.9 Å². The van der Waals surface area contributed by atoms with Gasteiger partial charge in [-0.3, -0.25) is 39.2 Å². The lowest BCUT2D eigenvalue weighted by Crippen LogP contribution is -2.59. The number of benzene rings is 1. The van der Waals surface area contributed by atoms with Crippen LogP contribution in [-0.2, 0) is 19.8 Å². The van der Waals surface area contributed by atoms with E-state index in [2.05, 4.69) is 37.1 Å². The van der Waals surface area contributed by atoms with E-state index in [-0.39, 0.29) is 46.7 Å². The first kappa shape index (κ1) is 37.7. The van der Waals surface area contributed by atoms with Crippen molar-refractivity contribution in [1.29, 1.82) is 5.26 Å². The molecule has 3 N–H and O–H groups in total. The van der Waals surface area contributed by atoms with Crippen molar-refractivity contribution in [3.8, 4) is 28.0 Å². The molecule has 1 atom stereocenters. The molecule has 304 valence electrons. The molecule has 60 heavy (non-hydrogen) atoms. The number of aromatic nitrogens is 5. The van der Waals surface area contributed by atoms with Gasteiger partial charge in [0, 0.05) is 55.3 Å². The minimum Gasteiger partial charge on any atom is -0.387 e. The normalized spacial score (nSPS) is 24.1. The summed E-state index contributed by atoms with van der Waals surface area (Å²) in [6, 6.07) is 13.9. The first-order valence-corrected chi connectivity index (χ1v) is 21.2. The zero-order valence-electron chi connectivity index (χ0n) is 32.9. The fourth-order valence-electron chi connectivity index (χ4n) is 9.97. The monoisotopic (exact) mass is 823 g/mol. The van der Waals surface area contributed by atoms with E-state index < -0.39 is 29.7 Å². The summed E-state index contributed by atoms with van der Waals surface area (Å²) < 4.78 is 1.77. The molecule has 1 unspecified atom stereocenters. The first-order valence-electron chi connectivity index (χ1n) is 20.4. The van der Waals surface area contributed by atoms with Crippen LogP contribution in [0.15, 0.2) is 54.9 Å². The van der Waals surface area contributed by atoms with Crippen LogP contribution in [0.2, 0.25) is 0 Å². The number of carbonyl (C=O) groups excluding carboxylic acids is 5. The molecular weight excluding hydrogens is 783 g/mol. The Kier molecular flexibility index (Phi) is 9.01. The highest BCUT2D eigenvalue weighted by Gasteiger charge is 2.52. The molecule has 0 spiro atoms. The molecule has 0 radical (unpaired) electrons. The van der Waals surface area contributed by atoms with E-state index in [1.165, 1.54) is 0 Å². The Balaban J connectivity index is 0.772. The number of hydrogen-bond acceptors (Lipinski definition) is 13. The minimum atomic E-state index is -1.02. The molecular formula is C43H41N11O5S.